The summed E-state index contributed by atoms with van der Waals surface area (Å²) in [5, 5.41) is 19.1. The van der Waals surface area contributed by atoms with E-state index in [1.54, 1.807) is 0 Å². The van der Waals surface area contributed by atoms with Crippen molar-refractivity contribution in [2.24, 2.45) is 0 Å². The summed E-state index contributed by atoms with van der Waals surface area (Å²) in [5.41, 5.74) is 9.80. The van der Waals surface area contributed by atoms with E-state index in [4.69, 9.17) is 11.0 Å². The molecule has 108 valence electrons. The van der Waals surface area contributed by atoms with Crippen LogP contribution in [-0.2, 0) is 6.54 Å². The molecule has 0 radical (unpaired) electrons. The predicted octanol–water partition coefficient (Wildman–Crippen LogP) is 3.14. The molecule has 3 aromatic rings. The lowest BCUT2D eigenvalue weighted by Crippen LogP contribution is -1.98. The Balaban J connectivity index is 1.74. The normalized spacial score (nSPS) is 10.1. The first-order chi connectivity index (χ1) is 10.8. The van der Waals surface area contributed by atoms with Crippen molar-refractivity contribution in [3.8, 4) is 17.3 Å². The lowest BCUT2D eigenvalue weighted by molar-refractivity contribution is 1.10. The zero-order valence-corrected chi connectivity index (χ0v) is 11.9. The van der Waals surface area contributed by atoms with Gasteiger partial charge in [0.15, 0.2) is 5.82 Å². The minimum atomic E-state index is 0.226. The van der Waals surface area contributed by atoms with E-state index >= 15 is 0 Å². The van der Waals surface area contributed by atoms with Crippen molar-refractivity contribution in [3.63, 3.8) is 0 Å². The minimum absolute atomic E-state index is 0.226. The second kappa shape index (κ2) is 6.02. The quantitative estimate of drug-likeness (QED) is 0.688. The molecule has 4 N–H and O–H groups in total. The van der Waals surface area contributed by atoms with Crippen LogP contribution in [0.15, 0.2) is 54.6 Å². The van der Waals surface area contributed by atoms with Gasteiger partial charge in [-0.15, -0.1) is 0 Å². The highest BCUT2D eigenvalue weighted by Crippen LogP contribution is 2.25. The van der Waals surface area contributed by atoms with Crippen molar-refractivity contribution in [2.75, 3.05) is 11.1 Å². The van der Waals surface area contributed by atoms with Gasteiger partial charge in [-0.2, -0.15) is 10.4 Å². The van der Waals surface area contributed by atoms with Gasteiger partial charge in [-0.3, -0.25) is 5.10 Å². The first kappa shape index (κ1) is 13.7. The monoisotopic (exact) mass is 289 g/mol. The Hall–Kier alpha value is -3.26. The number of nitriles is 1. The predicted molar refractivity (Wildman–Crippen MR) is 86.9 cm³/mol. The van der Waals surface area contributed by atoms with E-state index in [1.807, 2.05) is 42.5 Å². The molecular weight excluding hydrogens is 274 g/mol. The van der Waals surface area contributed by atoms with Crippen LogP contribution in [0, 0.1) is 11.3 Å². The largest absolute Gasteiger partial charge is 0.381 e. The van der Waals surface area contributed by atoms with E-state index in [2.05, 4.69) is 33.7 Å². The van der Waals surface area contributed by atoms with E-state index in [0.717, 1.165) is 17.8 Å². The number of rotatable bonds is 4. The highest BCUT2D eigenvalue weighted by atomic mass is 15.2. The maximum Gasteiger partial charge on any atom is 0.163 e. The van der Waals surface area contributed by atoms with Crippen molar-refractivity contribution in [1.82, 2.24) is 10.2 Å². The molecule has 1 aromatic heterocycles. The van der Waals surface area contributed by atoms with Crippen molar-refractivity contribution in [2.45, 2.75) is 6.54 Å². The fraction of sp³-hybridized carbons (Fsp3) is 0.0588. The third-order valence-electron chi connectivity index (χ3n) is 3.42. The molecule has 0 aliphatic heterocycles. The summed E-state index contributed by atoms with van der Waals surface area (Å²) in [7, 11) is 0. The van der Waals surface area contributed by atoms with Crippen molar-refractivity contribution in [3.05, 3.63) is 65.7 Å². The molecule has 0 amide bonds. The van der Waals surface area contributed by atoms with Crippen molar-refractivity contribution < 1.29 is 0 Å². The lowest BCUT2D eigenvalue weighted by Gasteiger charge is -2.07. The average molecular weight is 289 g/mol. The number of aromatic nitrogens is 2. The molecular formula is C17H15N5. The number of benzene rings is 2. The summed E-state index contributed by atoms with van der Waals surface area (Å²) in [6.45, 7) is 0.765. The van der Waals surface area contributed by atoms with Gasteiger partial charge in [-0.1, -0.05) is 42.5 Å². The number of nitrogens with one attached hydrogen (secondary N) is 2. The van der Waals surface area contributed by atoms with Gasteiger partial charge in [0, 0.05) is 17.8 Å². The fourth-order valence-electron chi connectivity index (χ4n) is 2.23. The Morgan fingerprint density at radius 1 is 1.09 bits per heavy atom. The number of nitrogens with zero attached hydrogens (tertiary/aromatic N) is 2. The Kier molecular flexibility index (Phi) is 3.75. The van der Waals surface area contributed by atoms with Crippen molar-refractivity contribution >= 4 is 11.5 Å². The number of aromatic amines is 1. The molecule has 5 heteroatoms. The van der Waals surface area contributed by atoms with Gasteiger partial charge in [0.2, 0.25) is 0 Å². The molecule has 1 heterocycles. The number of H-pyrrole nitrogens is 1. The zero-order chi connectivity index (χ0) is 15.4. The summed E-state index contributed by atoms with van der Waals surface area (Å²) in [6.07, 6.45) is 0. The Bertz CT molecular complexity index is 797. The summed E-state index contributed by atoms with van der Waals surface area (Å²) in [6, 6.07) is 20.1. The van der Waals surface area contributed by atoms with Crippen molar-refractivity contribution in [1.29, 1.82) is 5.26 Å². The molecule has 2 aromatic carbocycles. The molecule has 5 nitrogen and oxygen atoms in total. The zero-order valence-electron chi connectivity index (χ0n) is 11.9. The number of anilines is 2. The topological polar surface area (TPSA) is 90.5 Å². The van der Waals surface area contributed by atoms with Crippen LogP contribution in [0.4, 0.5) is 11.5 Å². The van der Waals surface area contributed by atoms with Crippen LogP contribution in [-0.4, -0.2) is 10.2 Å². The molecule has 0 aliphatic rings. The standard InChI is InChI=1S/C17H15N5/c18-10-15-16(21-22-17(15)19)13-6-8-14(9-7-13)20-11-12-4-2-1-3-5-12/h1-9,20H,11H2,(H3,19,21,22). The van der Waals surface area contributed by atoms with Crippen LogP contribution in [0.1, 0.15) is 11.1 Å². The van der Waals surface area contributed by atoms with Crippen LogP contribution < -0.4 is 11.1 Å². The van der Waals surface area contributed by atoms with E-state index in [-0.39, 0.29) is 5.82 Å². The minimum Gasteiger partial charge on any atom is -0.381 e. The van der Waals surface area contributed by atoms with Gasteiger partial charge in [0.25, 0.3) is 0 Å². The highest BCUT2D eigenvalue weighted by Gasteiger charge is 2.11. The molecule has 0 fully saturated rings. The van der Waals surface area contributed by atoms with Gasteiger partial charge >= 0.3 is 0 Å². The van der Waals surface area contributed by atoms with Crippen LogP contribution in [0.2, 0.25) is 0 Å². The van der Waals surface area contributed by atoms with Gasteiger partial charge in [-0.05, 0) is 17.7 Å². The van der Waals surface area contributed by atoms with E-state index in [9.17, 15) is 0 Å². The van der Waals surface area contributed by atoms with Crippen LogP contribution in [0.3, 0.4) is 0 Å². The maximum atomic E-state index is 9.11. The SMILES string of the molecule is N#Cc1c(N)n[nH]c1-c1ccc(NCc2ccccc2)cc1. The summed E-state index contributed by atoms with van der Waals surface area (Å²) in [5.74, 6) is 0.226. The van der Waals surface area contributed by atoms with Gasteiger partial charge in [-0.25, -0.2) is 0 Å². The molecule has 0 unspecified atom stereocenters. The van der Waals surface area contributed by atoms with Crippen LogP contribution >= 0.6 is 0 Å². The summed E-state index contributed by atoms with van der Waals surface area (Å²) >= 11 is 0. The Morgan fingerprint density at radius 3 is 2.50 bits per heavy atom. The number of hydrogen-bond acceptors (Lipinski definition) is 4. The molecule has 0 saturated heterocycles. The molecule has 22 heavy (non-hydrogen) atoms. The number of nitrogens with two attached hydrogens (primary N) is 1. The lowest BCUT2D eigenvalue weighted by atomic mass is 10.1. The Morgan fingerprint density at radius 2 is 1.82 bits per heavy atom. The average Bonchev–Trinajstić information content (AvgIpc) is 2.95. The van der Waals surface area contributed by atoms with Crippen LogP contribution in [0.5, 0.6) is 0 Å². The summed E-state index contributed by atoms with van der Waals surface area (Å²) < 4.78 is 0. The molecule has 3 rings (SSSR count). The molecule has 0 aliphatic carbocycles. The molecule has 0 atom stereocenters. The van der Waals surface area contributed by atoms with Crippen LogP contribution in [0.25, 0.3) is 11.3 Å². The number of hydrogen-bond donors (Lipinski definition) is 3. The second-order valence-corrected chi connectivity index (χ2v) is 4.89. The Labute approximate surface area is 128 Å². The second-order valence-electron chi connectivity index (χ2n) is 4.89. The van der Waals surface area contributed by atoms with E-state index in [1.165, 1.54) is 5.56 Å². The molecule has 0 bridgehead atoms. The van der Waals surface area contributed by atoms with E-state index in [0.29, 0.717) is 11.3 Å². The van der Waals surface area contributed by atoms with Gasteiger partial charge in [0.05, 0.1) is 5.69 Å². The molecule has 0 spiro atoms. The first-order valence-electron chi connectivity index (χ1n) is 6.90. The summed E-state index contributed by atoms with van der Waals surface area (Å²) in [4.78, 5) is 0. The first-order valence-corrected chi connectivity index (χ1v) is 6.90. The maximum absolute atomic E-state index is 9.11. The highest BCUT2D eigenvalue weighted by molar-refractivity contribution is 5.73. The fourth-order valence-corrected chi connectivity index (χ4v) is 2.23. The third kappa shape index (κ3) is 2.76. The third-order valence-corrected chi connectivity index (χ3v) is 3.42. The molecule has 0 saturated carbocycles. The van der Waals surface area contributed by atoms with Gasteiger partial charge < -0.3 is 11.1 Å². The smallest absolute Gasteiger partial charge is 0.163 e. The van der Waals surface area contributed by atoms with E-state index < -0.39 is 0 Å². The van der Waals surface area contributed by atoms with Gasteiger partial charge in [0.1, 0.15) is 11.6 Å². The number of nitrogen functional groups attached to an aromatic ring is 1.